The molecule has 2 N–H and O–H groups in total. The lowest BCUT2D eigenvalue weighted by molar-refractivity contribution is -0.137. The van der Waals surface area contributed by atoms with Gasteiger partial charge in [-0.25, -0.2) is 4.98 Å². The summed E-state index contributed by atoms with van der Waals surface area (Å²) in [6, 6.07) is 6.22. The first-order chi connectivity index (χ1) is 11.2. The van der Waals surface area contributed by atoms with Gasteiger partial charge in [-0.05, 0) is 46.3 Å². The number of hydrogen-bond donors (Lipinski definition) is 2. The standard InChI is InChI=1S/C14H9ClF3IN4O/c1-7(19)12(24)22-10-5-3-2-4-9(10)21-11-8(14(16,17)18)6-20-13(15)23-11/h2-6H,1H2,(H,22,24)(H,20,21,23). The third-order valence-electron chi connectivity index (χ3n) is 2.74. The highest BCUT2D eigenvalue weighted by atomic mass is 127. The van der Waals surface area contributed by atoms with Gasteiger partial charge in [-0.15, -0.1) is 0 Å². The summed E-state index contributed by atoms with van der Waals surface area (Å²) in [6.45, 7) is 3.49. The molecular weight excluding hydrogens is 460 g/mol. The number of rotatable bonds is 4. The lowest BCUT2D eigenvalue weighted by Gasteiger charge is -2.16. The van der Waals surface area contributed by atoms with Crippen molar-refractivity contribution in [1.29, 1.82) is 0 Å². The Labute approximate surface area is 153 Å². The highest BCUT2D eigenvalue weighted by Crippen LogP contribution is 2.36. The fourth-order valence-corrected chi connectivity index (χ4v) is 1.95. The van der Waals surface area contributed by atoms with Gasteiger partial charge in [0.15, 0.2) is 0 Å². The van der Waals surface area contributed by atoms with Crippen molar-refractivity contribution in [1.82, 2.24) is 9.97 Å². The molecule has 5 nitrogen and oxygen atoms in total. The van der Waals surface area contributed by atoms with Gasteiger partial charge in [0.25, 0.3) is 5.91 Å². The van der Waals surface area contributed by atoms with E-state index in [1.165, 1.54) is 12.1 Å². The molecule has 10 heteroatoms. The van der Waals surface area contributed by atoms with Crippen LogP contribution in [0.25, 0.3) is 0 Å². The number of anilines is 3. The molecule has 0 unspecified atom stereocenters. The van der Waals surface area contributed by atoms with E-state index in [2.05, 4.69) is 27.2 Å². The highest BCUT2D eigenvalue weighted by molar-refractivity contribution is 14.1. The van der Waals surface area contributed by atoms with E-state index >= 15 is 0 Å². The van der Waals surface area contributed by atoms with E-state index in [9.17, 15) is 18.0 Å². The lowest BCUT2D eigenvalue weighted by Crippen LogP contribution is -2.14. The lowest BCUT2D eigenvalue weighted by atomic mass is 10.2. The largest absolute Gasteiger partial charge is 0.421 e. The minimum Gasteiger partial charge on any atom is -0.338 e. The summed E-state index contributed by atoms with van der Waals surface area (Å²) in [7, 11) is 0. The predicted octanol–water partition coefficient (Wildman–Crippen LogP) is 4.78. The number of alkyl halides is 3. The minimum absolute atomic E-state index is 0.212. The maximum Gasteiger partial charge on any atom is 0.421 e. The van der Waals surface area contributed by atoms with Crippen LogP contribution in [0.15, 0.2) is 40.6 Å². The Bertz CT molecular complexity index is 798. The molecule has 0 atom stereocenters. The van der Waals surface area contributed by atoms with Crippen molar-refractivity contribution in [3.8, 4) is 0 Å². The molecule has 24 heavy (non-hydrogen) atoms. The van der Waals surface area contributed by atoms with Crippen LogP contribution in [0, 0.1) is 0 Å². The molecule has 0 fully saturated rings. The molecule has 0 aliphatic rings. The summed E-state index contributed by atoms with van der Waals surface area (Å²) in [5, 5.41) is 4.73. The van der Waals surface area contributed by atoms with E-state index in [1.807, 2.05) is 0 Å². The normalized spacial score (nSPS) is 11.0. The SMILES string of the molecule is C=C(I)C(=O)Nc1ccccc1Nc1nc(Cl)ncc1C(F)(F)F. The van der Waals surface area contributed by atoms with Crippen LogP contribution in [0.5, 0.6) is 0 Å². The second-order valence-corrected chi connectivity index (χ2v) is 6.07. The fraction of sp³-hybridized carbons (Fsp3) is 0.0714. The third kappa shape index (κ3) is 4.57. The van der Waals surface area contributed by atoms with Gasteiger partial charge in [0, 0.05) is 6.20 Å². The van der Waals surface area contributed by atoms with Crippen molar-refractivity contribution in [2.24, 2.45) is 0 Å². The van der Waals surface area contributed by atoms with Gasteiger partial charge in [-0.3, -0.25) is 4.79 Å². The first kappa shape index (κ1) is 18.5. The van der Waals surface area contributed by atoms with Gasteiger partial charge in [0.1, 0.15) is 11.4 Å². The molecular formula is C14H9ClF3IN4O. The first-order valence-corrected chi connectivity index (χ1v) is 7.75. The van der Waals surface area contributed by atoms with Gasteiger partial charge in [0.05, 0.1) is 15.0 Å². The fourth-order valence-electron chi connectivity index (χ4n) is 1.68. The first-order valence-electron chi connectivity index (χ1n) is 6.30. The van der Waals surface area contributed by atoms with Gasteiger partial charge in [0.2, 0.25) is 5.28 Å². The van der Waals surface area contributed by atoms with E-state index in [1.54, 1.807) is 34.7 Å². The number of amides is 1. The van der Waals surface area contributed by atoms with Crippen LogP contribution >= 0.6 is 34.2 Å². The number of hydrogen-bond acceptors (Lipinski definition) is 4. The molecule has 2 aromatic rings. The second kappa shape index (κ2) is 7.34. The maximum absolute atomic E-state index is 13.1. The van der Waals surface area contributed by atoms with E-state index < -0.39 is 23.5 Å². The van der Waals surface area contributed by atoms with Crippen molar-refractivity contribution >= 4 is 57.3 Å². The van der Waals surface area contributed by atoms with Crippen molar-refractivity contribution in [3.05, 3.63) is 51.5 Å². The Kier molecular flexibility index (Phi) is 5.65. The molecule has 0 bridgehead atoms. The van der Waals surface area contributed by atoms with E-state index in [4.69, 9.17) is 11.6 Å². The Balaban J connectivity index is 2.41. The summed E-state index contributed by atoms with van der Waals surface area (Å²) >= 11 is 7.32. The van der Waals surface area contributed by atoms with Gasteiger partial charge >= 0.3 is 6.18 Å². The molecule has 1 aromatic heterocycles. The summed E-state index contributed by atoms with van der Waals surface area (Å²) in [4.78, 5) is 18.7. The van der Waals surface area contributed by atoms with Crippen LogP contribution in [0.2, 0.25) is 5.28 Å². The van der Waals surface area contributed by atoms with Crippen molar-refractivity contribution in [3.63, 3.8) is 0 Å². The van der Waals surface area contributed by atoms with Crippen molar-refractivity contribution in [2.75, 3.05) is 10.6 Å². The summed E-state index contributed by atoms with van der Waals surface area (Å²) < 4.78 is 39.4. The number of benzene rings is 1. The van der Waals surface area contributed by atoms with Gasteiger partial charge < -0.3 is 10.6 Å². The number of para-hydroxylation sites is 2. The van der Waals surface area contributed by atoms with Gasteiger partial charge in [-0.2, -0.15) is 18.2 Å². The zero-order valence-electron chi connectivity index (χ0n) is 11.8. The molecule has 1 aromatic carbocycles. The summed E-state index contributed by atoms with van der Waals surface area (Å²) in [5.74, 6) is -0.987. The number of carbonyl (C=O) groups is 1. The molecule has 126 valence electrons. The average Bonchev–Trinajstić information content (AvgIpc) is 2.48. The topological polar surface area (TPSA) is 66.9 Å². The molecule has 1 amide bonds. The molecule has 1 heterocycles. The number of carbonyl (C=O) groups excluding carboxylic acids is 1. The molecule has 2 rings (SSSR count). The van der Waals surface area contributed by atoms with Crippen LogP contribution in [-0.2, 0) is 11.0 Å². The van der Waals surface area contributed by atoms with E-state index in [-0.39, 0.29) is 20.2 Å². The van der Waals surface area contributed by atoms with E-state index in [0.29, 0.717) is 6.20 Å². The number of aromatic nitrogens is 2. The zero-order valence-corrected chi connectivity index (χ0v) is 14.7. The Hall–Kier alpha value is -1.88. The number of nitrogens with zero attached hydrogens (tertiary/aromatic N) is 2. The van der Waals surface area contributed by atoms with E-state index in [0.717, 1.165) is 0 Å². The number of halogens is 5. The molecule has 0 aliphatic heterocycles. The van der Waals surface area contributed by atoms with Crippen LogP contribution < -0.4 is 10.6 Å². The average molecular weight is 469 g/mol. The van der Waals surface area contributed by atoms with Crippen molar-refractivity contribution < 1.29 is 18.0 Å². The second-order valence-electron chi connectivity index (χ2n) is 4.43. The highest BCUT2D eigenvalue weighted by Gasteiger charge is 2.35. The maximum atomic E-state index is 13.1. The quantitative estimate of drug-likeness (QED) is 0.385. The van der Waals surface area contributed by atoms with Crippen LogP contribution in [-0.4, -0.2) is 15.9 Å². The van der Waals surface area contributed by atoms with Crippen LogP contribution in [0.1, 0.15) is 5.56 Å². The molecule has 0 aliphatic carbocycles. The Morgan fingerprint density at radius 3 is 2.46 bits per heavy atom. The Morgan fingerprint density at radius 1 is 1.25 bits per heavy atom. The molecule has 0 saturated carbocycles. The Morgan fingerprint density at radius 2 is 1.88 bits per heavy atom. The predicted molar refractivity (Wildman–Crippen MR) is 93.6 cm³/mol. The molecule has 0 spiro atoms. The molecule has 0 saturated heterocycles. The van der Waals surface area contributed by atoms with Crippen LogP contribution in [0.4, 0.5) is 30.4 Å². The third-order valence-corrected chi connectivity index (χ3v) is 3.41. The van der Waals surface area contributed by atoms with Crippen molar-refractivity contribution in [2.45, 2.75) is 6.18 Å². The van der Waals surface area contributed by atoms with Gasteiger partial charge in [-0.1, -0.05) is 18.7 Å². The number of nitrogens with one attached hydrogen (secondary N) is 2. The van der Waals surface area contributed by atoms with Crippen LogP contribution in [0.3, 0.4) is 0 Å². The minimum atomic E-state index is -4.67. The summed E-state index contributed by atoms with van der Waals surface area (Å²) in [5.41, 5.74) is -0.599. The monoisotopic (exact) mass is 468 g/mol. The summed E-state index contributed by atoms with van der Waals surface area (Å²) in [6.07, 6.45) is -4.08. The zero-order chi connectivity index (χ0) is 17.9. The molecule has 0 radical (unpaired) electrons. The smallest absolute Gasteiger partial charge is 0.338 e.